The zero-order chi connectivity index (χ0) is 15.6. The van der Waals surface area contributed by atoms with Crippen LogP contribution < -0.4 is 5.32 Å². The van der Waals surface area contributed by atoms with Crippen molar-refractivity contribution in [2.45, 2.75) is 18.9 Å². The summed E-state index contributed by atoms with van der Waals surface area (Å²) in [5.41, 5.74) is 0.293. The summed E-state index contributed by atoms with van der Waals surface area (Å²) in [7, 11) is 1.65. The van der Waals surface area contributed by atoms with Gasteiger partial charge in [0.05, 0.1) is 17.4 Å². The van der Waals surface area contributed by atoms with Crippen LogP contribution in [0.25, 0.3) is 0 Å². The molecule has 1 aromatic carbocycles. The van der Waals surface area contributed by atoms with E-state index in [2.05, 4.69) is 21.2 Å². The van der Waals surface area contributed by atoms with Gasteiger partial charge in [-0.1, -0.05) is 15.9 Å². The number of aliphatic hydroxyl groups excluding tert-OH is 1. The van der Waals surface area contributed by atoms with Crippen molar-refractivity contribution >= 4 is 33.6 Å². The van der Waals surface area contributed by atoms with Gasteiger partial charge in [-0.05, 0) is 37.0 Å². The fourth-order valence-electron chi connectivity index (χ4n) is 2.34. The lowest BCUT2D eigenvalue weighted by atomic mass is 9.82. The molecule has 0 aromatic heterocycles. The molecule has 2 amide bonds. The van der Waals surface area contributed by atoms with E-state index in [1.165, 1.54) is 11.0 Å². The number of benzene rings is 1. The molecular weight excluding hydrogens is 340 g/mol. The van der Waals surface area contributed by atoms with Crippen LogP contribution in [0.15, 0.2) is 22.7 Å². The van der Waals surface area contributed by atoms with Gasteiger partial charge in [0.25, 0.3) is 0 Å². The van der Waals surface area contributed by atoms with E-state index < -0.39 is 5.97 Å². The lowest BCUT2D eigenvalue weighted by Crippen LogP contribution is -2.41. The predicted octanol–water partition coefficient (Wildman–Crippen LogP) is 2.38. The van der Waals surface area contributed by atoms with Gasteiger partial charge in [-0.15, -0.1) is 0 Å². The highest BCUT2D eigenvalue weighted by Gasteiger charge is 2.29. The molecule has 114 valence electrons. The van der Waals surface area contributed by atoms with Crippen LogP contribution in [0, 0.1) is 5.92 Å². The second-order valence-corrected chi connectivity index (χ2v) is 6.21. The van der Waals surface area contributed by atoms with E-state index in [0.29, 0.717) is 29.8 Å². The molecule has 7 heteroatoms. The number of aromatic carboxylic acids is 1. The highest BCUT2D eigenvalue weighted by molar-refractivity contribution is 9.10. The number of halogens is 1. The number of anilines is 1. The molecule has 21 heavy (non-hydrogen) atoms. The van der Waals surface area contributed by atoms with Gasteiger partial charge in [0.1, 0.15) is 0 Å². The van der Waals surface area contributed by atoms with E-state index in [-0.39, 0.29) is 23.4 Å². The summed E-state index contributed by atoms with van der Waals surface area (Å²) in [6, 6.07) is 4.24. The van der Waals surface area contributed by atoms with Crippen molar-refractivity contribution in [2.75, 3.05) is 18.9 Å². The van der Waals surface area contributed by atoms with E-state index in [1.54, 1.807) is 19.2 Å². The maximum Gasteiger partial charge on any atom is 0.337 e. The Balaban J connectivity index is 2.01. The van der Waals surface area contributed by atoms with Crippen LogP contribution in [0.2, 0.25) is 0 Å². The van der Waals surface area contributed by atoms with Gasteiger partial charge in [0.15, 0.2) is 0 Å². The Morgan fingerprint density at radius 1 is 1.43 bits per heavy atom. The third-order valence-corrected chi connectivity index (χ3v) is 4.04. The predicted molar refractivity (Wildman–Crippen MR) is 81.5 cm³/mol. The number of carbonyl (C=O) groups excluding carboxylic acids is 1. The summed E-state index contributed by atoms with van der Waals surface area (Å²) >= 11 is 3.25. The van der Waals surface area contributed by atoms with Crippen molar-refractivity contribution in [3.63, 3.8) is 0 Å². The molecule has 3 N–H and O–H groups in total. The molecule has 1 aliphatic rings. The lowest BCUT2D eigenvalue weighted by molar-refractivity contribution is 0.0332. The fraction of sp³-hybridized carbons (Fsp3) is 0.429. The fourth-order valence-corrected chi connectivity index (χ4v) is 2.70. The Labute approximate surface area is 130 Å². The number of carbonyl (C=O) groups is 2. The first-order valence-corrected chi connectivity index (χ1v) is 7.39. The average Bonchev–Trinajstić information content (AvgIpc) is 2.36. The Morgan fingerprint density at radius 3 is 2.67 bits per heavy atom. The van der Waals surface area contributed by atoms with Gasteiger partial charge >= 0.3 is 12.0 Å². The summed E-state index contributed by atoms with van der Waals surface area (Å²) in [4.78, 5) is 24.7. The summed E-state index contributed by atoms with van der Waals surface area (Å²) in [6.07, 6.45) is 1.15. The molecular formula is C14H17BrN2O4. The summed E-state index contributed by atoms with van der Waals surface area (Å²) in [6.45, 7) is 0.541. The molecule has 1 saturated carbocycles. The first-order valence-electron chi connectivity index (χ1n) is 6.60. The Bertz CT molecular complexity index is 558. The molecule has 1 fully saturated rings. The van der Waals surface area contributed by atoms with Crippen molar-refractivity contribution in [1.82, 2.24) is 4.90 Å². The zero-order valence-electron chi connectivity index (χ0n) is 11.5. The number of nitrogens with one attached hydrogen (secondary N) is 1. The Hall–Kier alpha value is -1.60. The third-order valence-electron chi connectivity index (χ3n) is 3.54. The van der Waals surface area contributed by atoms with Crippen molar-refractivity contribution in [1.29, 1.82) is 0 Å². The number of nitrogens with zero attached hydrogens (tertiary/aromatic N) is 1. The molecule has 0 aliphatic heterocycles. The number of carboxylic acids is 1. The molecule has 0 radical (unpaired) electrons. The van der Waals surface area contributed by atoms with Crippen LogP contribution in [0.3, 0.4) is 0 Å². The van der Waals surface area contributed by atoms with Gasteiger partial charge in [-0.25, -0.2) is 9.59 Å². The van der Waals surface area contributed by atoms with Crippen LogP contribution in [0.5, 0.6) is 0 Å². The summed E-state index contributed by atoms with van der Waals surface area (Å²) in [5, 5.41) is 21.0. The minimum atomic E-state index is -1.09. The first kappa shape index (κ1) is 15.8. The average molecular weight is 357 g/mol. The van der Waals surface area contributed by atoms with Crippen LogP contribution in [0.4, 0.5) is 10.5 Å². The highest BCUT2D eigenvalue weighted by atomic mass is 79.9. The van der Waals surface area contributed by atoms with E-state index in [1.807, 2.05) is 0 Å². The quantitative estimate of drug-likeness (QED) is 0.772. The number of aliphatic hydroxyl groups is 1. The van der Waals surface area contributed by atoms with Gasteiger partial charge < -0.3 is 20.4 Å². The minimum Gasteiger partial charge on any atom is -0.478 e. The van der Waals surface area contributed by atoms with Crippen LogP contribution in [-0.2, 0) is 0 Å². The SMILES string of the molecule is CN(CC1CC(O)C1)C(=O)Nc1cc(Br)ccc1C(=O)O. The number of rotatable bonds is 4. The number of hydrogen-bond donors (Lipinski definition) is 3. The standard InChI is InChI=1S/C14H17BrN2O4/c1-17(7-8-4-10(18)5-8)14(21)16-12-6-9(15)2-3-11(12)13(19)20/h2-3,6,8,10,18H,4-5,7H2,1H3,(H,16,21)(H,19,20). The molecule has 0 heterocycles. The van der Waals surface area contributed by atoms with Crippen LogP contribution >= 0.6 is 15.9 Å². The molecule has 0 spiro atoms. The Morgan fingerprint density at radius 2 is 2.10 bits per heavy atom. The molecule has 6 nitrogen and oxygen atoms in total. The topological polar surface area (TPSA) is 89.9 Å². The van der Waals surface area contributed by atoms with Crippen molar-refractivity contribution in [2.24, 2.45) is 5.92 Å². The second kappa shape index (κ2) is 6.44. The first-order chi connectivity index (χ1) is 9.86. The molecule has 0 bridgehead atoms. The smallest absolute Gasteiger partial charge is 0.337 e. The molecule has 0 saturated heterocycles. The van der Waals surface area contributed by atoms with Crippen molar-refractivity contribution < 1.29 is 19.8 Å². The summed E-state index contributed by atoms with van der Waals surface area (Å²) in [5.74, 6) is -0.792. The molecule has 2 rings (SSSR count). The van der Waals surface area contributed by atoms with Crippen molar-refractivity contribution in [3.05, 3.63) is 28.2 Å². The second-order valence-electron chi connectivity index (χ2n) is 5.30. The van der Waals surface area contributed by atoms with Crippen molar-refractivity contribution in [3.8, 4) is 0 Å². The third kappa shape index (κ3) is 3.95. The molecule has 1 aromatic rings. The number of carboxylic acid groups (broad SMARTS) is 1. The van der Waals surface area contributed by atoms with E-state index >= 15 is 0 Å². The molecule has 1 aliphatic carbocycles. The zero-order valence-corrected chi connectivity index (χ0v) is 13.1. The minimum absolute atomic E-state index is 0.0408. The summed E-state index contributed by atoms with van der Waals surface area (Å²) < 4.78 is 0.688. The van der Waals surface area contributed by atoms with Crippen LogP contribution in [-0.4, -0.2) is 46.8 Å². The van der Waals surface area contributed by atoms with E-state index in [0.717, 1.165) is 0 Å². The maximum absolute atomic E-state index is 12.1. The van der Waals surface area contributed by atoms with Gasteiger partial charge in [0.2, 0.25) is 0 Å². The Kier molecular flexibility index (Phi) is 4.84. The van der Waals surface area contributed by atoms with Gasteiger partial charge in [0, 0.05) is 18.1 Å². The number of urea groups is 1. The largest absolute Gasteiger partial charge is 0.478 e. The maximum atomic E-state index is 12.1. The van der Waals surface area contributed by atoms with E-state index in [4.69, 9.17) is 5.11 Å². The van der Waals surface area contributed by atoms with Gasteiger partial charge in [-0.3, -0.25) is 0 Å². The lowest BCUT2D eigenvalue weighted by Gasteiger charge is -2.34. The number of amides is 2. The molecule has 0 unspecified atom stereocenters. The van der Waals surface area contributed by atoms with E-state index in [9.17, 15) is 14.7 Å². The normalized spacial score (nSPS) is 20.5. The van der Waals surface area contributed by atoms with Gasteiger partial charge in [-0.2, -0.15) is 0 Å². The van der Waals surface area contributed by atoms with Crippen LogP contribution in [0.1, 0.15) is 23.2 Å². The monoisotopic (exact) mass is 356 g/mol. The number of hydrogen-bond acceptors (Lipinski definition) is 3. The highest BCUT2D eigenvalue weighted by Crippen LogP contribution is 2.28. The molecule has 0 atom stereocenters.